The molecule has 0 amide bonds. The van der Waals surface area contributed by atoms with Crippen LogP contribution in [0, 0.1) is 13.8 Å². The van der Waals surface area contributed by atoms with Crippen LogP contribution >= 0.6 is 0 Å². The summed E-state index contributed by atoms with van der Waals surface area (Å²) in [5.74, 6) is 2.84. The van der Waals surface area contributed by atoms with Gasteiger partial charge in [-0.2, -0.15) is 0 Å². The van der Waals surface area contributed by atoms with Crippen LogP contribution in [0.25, 0.3) is 0 Å². The van der Waals surface area contributed by atoms with E-state index in [-0.39, 0.29) is 50.1 Å². The average Bonchev–Trinajstić information content (AvgIpc) is 3.41. The lowest BCUT2D eigenvalue weighted by Gasteiger charge is -2.58. The quantitative estimate of drug-likeness (QED) is 0.382. The Kier molecular flexibility index (Phi) is 7.01. The number of hydrogen-bond acceptors (Lipinski definition) is 10. The van der Waals surface area contributed by atoms with Crippen LogP contribution in [-0.4, -0.2) is 93.3 Å². The van der Waals surface area contributed by atoms with Crippen molar-refractivity contribution in [1.29, 1.82) is 0 Å². The van der Waals surface area contributed by atoms with Crippen molar-refractivity contribution in [2.75, 3.05) is 61.2 Å². The van der Waals surface area contributed by atoms with Gasteiger partial charge in [-0.3, -0.25) is 9.80 Å². The molecule has 0 spiro atoms. The lowest BCUT2D eigenvalue weighted by atomic mass is 9.74. The summed E-state index contributed by atoms with van der Waals surface area (Å²) >= 11 is 0. The number of phenolic OH excluding ortho intramolecular Hbond substituents is 1. The lowest BCUT2D eigenvalue weighted by Crippen LogP contribution is -2.64. The Hall–Kier alpha value is -2.76. The van der Waals surface area contributed by atoms with Crippen molar-refractivity contribution >= 4 is 0 Å². The third kappa shape index (κ3) is 4.03. The highest BCUT2D eigenvalue weighted by Gasteiger charge is 2.52. The molecule has 4 unspecified atom stereocenters. The molecule has 212 valence electrons. The molecule has 0 saturated carbocycles. The van der Waals surface area contributed by atoms with Crippen LogP contribution in [0.15, 0.2) is 6.07 Å². The zero-order chi connectivity index (χ0) is 27.4. The fourth-order valence-corrected chi connectivity index (χ4v) is 7.16. The van der Waals surface area contributed by atoms with Crippen molar-refractivity contribution in [3.05, 3.63) is 39.4 Å². The molecule has 10 heteroatoms. The van der Waals surface area contributed by atoms with E-state index in [0.29, 0.717) is 48.2 Å². The van der Waals surface area contributed by atoms with Crippen LogP contribution in [0.4, 0.5) is 0 Å². The van der Waals surface area contributed by atoms with Crippen LogP contribution in [0.5, 0.6) is 28.7 Å². The standard InChI is InChI=1S/C29H38N2O8/c1-15-8-17-9-18-11-31-20(10-19-23(21(31)12-32)29-27(38-14-39-29)16(2)25(19)33)24(30(18)3)22(17)28(26(15)35-5)37-13-36-7-6-34-4/h8,18,20-21,24,32-33H,6-7,9-14H2,1-5H3. The second kappa shape index (κ2) is 10.3. The zero-order valence-electron chi connectivity index (χ0n) is 23.3. The number of methoxy groups -OCH3 is 2. The maximum absolute atomic E-state index is 11.3. The van der Waals surface area contributed by atoms with E-state index in [9.17, 15) is 10.2 Å². The van der Waals surface area contributed by atoms with Crippen molar-refractivity contribution in [3.8, 4) is 28.7 Å². The number of aromatic hydroxyl groups is 1. The topological polar surface area (TPSA) is 102 Å². The maximum atomic E-state index is 11.3. The molecule has 2 bridgehead atoms. The van der Waals surface area contributed by atoms with Crippen LogP contribution in [-0.2, 0) is 22.3 Å². The molecule has 39 heavy (non-hydrogen) atoms. The molecule has 2 aromatic rings. The summed E-state index contributed by atoms with van der Waals surface area (Å²) in [5, 5.41) is 22.1. The first-order chi connectivity index (χ1) is 18.9. The molecule has 1 fully saturated rings. The van der Waals surface area contributed by atoms with E-state index >= 15 is 0 Å². The lowest BCUT2D eigenvalue weighted by molar-refractivity contribution is -0.0612. The first-order valence-electron chi connectivity index (χ1n) is 13.5. The molecule has 1 saturated heterocycles. The highest BCUT2D eigenvalue weighted by molar-refractivity contribution is 5.66. The van der Waals surface area contributed by atoms with Gasteiger partial charge >= 0.3 is 0 Å². The third-order valence-corrected chi connectivity index (χ3v) is 8.93. The summed E-state index contributed by atoms with van der Waals surface area (Å²) in [7, 11) is 5.47. The molecule has 2 N–H and O–H groups in total. The number of nitrogens with zero attached hydrogens (tertiary/aromatic N) is 2. The number of likely N-dealkylation sites (N-methyl/N-ethyl adjacent to an activating group) is 1. The van der Waals surface area contributed by atoms with Crippen LogP contribution < -0.4 is 18.9 Å². The molecular formula is C29H38N2O8. The van der Waals surface area contributed by atoms with E-state index in [1.807, 2.05) is 13.8 Å². The van der Waals surface area contributed by atoms with Crippen molar-refractivity contribution < 1.29 is 38.6 Å². The SMILES string of the molecule is COCCOCOc1c(OC)c(C)cc2c1C1C3Cc4c(O)c(C)c5c(c4C(CO)N3CC(C2)N1C)OCO5. The van der Waals surface area contributed by atoms with Gasteiger partial charge in [0.2, 0.25) is 6.79 Å². The molecule has 0 aliphatic carbocycles. The molecule has 6 rings (SSSR count). The van der Waals surface area contributed by atoms with Crippen molar-refractivity contribution in [1.82, 2.24) is 9.80 Å². The number of aryl methyl sites for hydroxylation is 1. The minimum atomic E-state index is -0.324. The smallest absolute Gasteiger partial charge is 0.231 e. The molecule has 10 nitrogen and oxygen atoms in total. The number of phenols is 1. The van der Waals surface area contributed by atoms with E-state index in [0.717, 1.165) is 35.2 Å². The summed E-state index contributed by atoms with van der Waals surface area (Å²) < 4.78 is 34.6. The Balaban J connectivity index is 1.46. The normalized spacial score (nSPS) is 25.2. The molecule has 2 aromatic carbocycles. The number of hydrogen-bond donors (Lipinski definition) is 2. The average molecular weight is 543 g/mol. The predicted molar refractivity (Wildman–Crippen MR) is 142 cm³/mol. The second-order valence-corrected chi connectivity index (χ2v) is 10.9. The van der Waals surface area contributed by atoms with Crippen molar-refractivity contribution in [2.45, 2.75) is 50.9 Å². The third-order valence-electron chi connectivity index (χ3n) is 8.93. The minimum Gasteiger partial charge on any atom is -0.507 e. The number of aliphatic hydroxyl groups is 1. The fraction of sp³-hybridized carbons (Fsp3) is 0.586. The molecular weight excluding hydrogens is 504 g/mol. The molecule has 0 aromatic heterocycles. The van der Waals surface area contributed by atoms with Gasteiger partial charge in [0.15, 0.2) is 29.8 Å². The van der Waals surface area contributed by atoms with Gasteiger partial charge in [-0.1, -0.05) is 6.07 Å². The fourth-order valence-electron chi connectivity index (χ4n) is 7.16. The summed E-state index contributed by atoms with van der Waals surface area (Å²) in [6.45, 7) is 5.69. The summed E-state index contributed by atoms with van der Waals surface area (Å²) in [5.41, 5.74) is 5.68. The summed E-state index contributed by atoms with van der Waals surface area (Å²) in [6.07, 6.45) is 1.44. The Morgan fingerprint density at radius 2 is 1.85 bits per heavy atom. The van der Waals surface area contributed by atoms with E-state index in [1.54, 1.807) is 14.2 Å². The minimum absolute atomic E-state index is 0.0233. The number of piperazine rings is 1. The van der Waals surface area contributed by atoms with Gasteiger partial charge in [0.1, 0.15) is 5.75 Å². The Morgan fingerprint density at radius 1 is 1.05 bits per heavy atom. The Bertz CT molecular complexity index is 1270. The highest BCUT2D eigenvalue weighted by Crippen LogP contribution is 2.57. The van der Waals surface area contributed by atoms with Gasteiger partial charge in [-0.15, -0.1) is 0 Å². The zero-order valence-corrected chi connectivity index (χ0v) is 23.3. The van der Waals surface area contributed by atoms with E-state index < -0.39 is 0 Å². The number of ether oxygens (including phenoxy) is 6. The van der Waals surface area contributed by atoms with Gasteiger partial charge in [0, 0.05) is 48.0 Å². The first kappa shape index (κ1) is 26.5. The van der Waals surface area contributed by atoms with Gasteiger partial charge in [0.05, 0.1) is 39.0 Å². The number of fused-ring (bicyclic) bond motifs is 9. The van der Waals surface area contributed by atoms with E-state index in [4.69, 9.17) is 28.4 Å². The van der Waals surface area contributed by atoms with Gasteiger partial charge < -0.3 is 38.6 Å². The molecule has 0 radical (unpaired) electrons. The van der Waals surface area contributed by atoms with E-state index in [2.05, 4.69) is 22.9 Å². The van der Waals surface area contributed by atoms with Gasteiger partial charge in [0.25, 0.3) is 0 Å². The van der Waals surface area contributed by atoms with Gasteiger partial charge in [-0.05, 0) is 44.9 Å². The van der Waals surface area contributed by atoms with Crippen molar-refractivity contribution in [3.63, 3.8) is 0 Å². The first-order valence-corrected chi connectivity index (χ1v) is 13.5. The number of benzene rings is 2. The largest absolute Gasteiger partial charge is 0.507 e. The van der Waals surface area contributed by atoms with Crippen LogP contribution in [0.3, 0.4) is 0 Å². The molecule has 4 aliphatic rings. The molecule has 4 atom stereocenters. The number of aliphatic hydroxyl groups excluding tert-OH is 1. The monoisotopic (exact) mass is 542 g/mol. The Labute approximate surface area is 228 Å². The molecule has 4 heterocycles. The second-order valence-electron chi connectivity index (χ2n) is 10.9. The Morgan fingerprint density at radius 3 is 2.59 bits per heavy atom. The summed E-state index contributed by atoms with van der Waals surface area (Å²) in [6, 6.07) is 2.07. The van der Waals surface area contributed by atoms with Gasteiger partial charge in [-0.25, -0.2) is 0 Å². The summed E-state index contributed by atoms with van der Waals surface area (Å²) in [4.78, 5) is 4.82. The highest BCUT2D eigenvalue weighted by atomic mass is 16.7. The number of rotatable bonds is 8. The van der Waals surface area contributed by atoms with E-state index in [1.165, 1.54) is 5.56 Å². The van der Waals surface area contributed by atoms with Crippen molar-refractivity contribution in [2.24, 2.45) is 0 Å². The maximum Gasteiger partial charge on any atom is 0.231 e. The van der Waals surface area contributed by atoms with Crippen LogP contribution in [0.1, 0.15) is 45.5 Å². The molecule has 4 aliphatic heterocycles. The predicted octanol–water partition coefficient (Wildman–Crippen LogP) is 2.62. The van der Waals surface area contributed by atoms with Crippen LogP contribution in [0.2, 0.25) is 0 Å².